The predicted molar refractivity (Wildman–Crippen MR) is 115 cm³/mol. The number of nitrogens with one attached hydrogen (secondary N) is 1. The number of amides is 1. The van der Waals surface area contributed by atoms with Gasteiger partial charge in [0.15, 0.2) is 5.82 Å². The molecule has 0 bridgehead atoms. The number of carbonyl (C=O) groups is 1. The molecule has 0 aromatic carbocycles. The van der Waals surface area contributed by atoms with E-state index in [2.05, 4.69) is 20.4 Å². The van der Waals surface area contributed by atoms with Crippen molar-refractivity contribution in [1.82, 2.24) is 34.5 Å². The third-order valence-electron chi connectivity index (χ3n) is 4.88. The predicted octanol–water partition coefficient (Wildman–Crippen LogP) is 2.25. The highest BCUT2D eigenvalue weighted by molar-refractivity contribution is 5.94. The summed E-state index contributed by atoms with van der Waals surface area (Å²) in [5.74, 6) is 1.55. The van der Waals surface area contributed by atoms with Gasteiger partial charge in [-0.25, -0.2) is 14.6 Å². The summed E-state index contributed by atoms with van der Waals surface area (Å²) in [6.07, 6.45) is 5.29. The molecule has 0 aliphatic carbocycles. The first-order valence-corrected chi connectivity index (χ1v) is 9.03. The zero-order valence-corrected chi connectivity index (χ0v) is 18.2. The minimum absolute atomic E-state index is 0. The quantitative estimate of drug-likeness (QED) is 0.679. The van der Waals surface area contributed by atoms with Crippen LogP contribution in [0.1, 0.15) is 33.6 Å². The summed E-state index contributed by atoms with van der Waals surface area (Å²) in [7, 11) is 1.95. The van der Waals surface area contributed by atoms with Gasteiger partial charge in [-0.15, -0.1) is 24.8 Å². The van der Waals surface area contributed by atoms with Crippen LogP contribution in [0.5, 0.6) is 0 Å². The Labute approximate surface area is 182 Å². The molecule has 0 spiro atoms. The van der Waals surface area contributed by atoms with E-state index in [4.69, 9.17) is 0 Å². The number of halogens is 2. The van der Waals surface area contributed by atoms with E-state index in [1.165, 1.54) is 0 Å². The Morgan fingerprint density at radius 3 is 2.59 bits per heavy atom. The monoisotopic (exact) mass is 437 g/mol. The summed E-state index contributed by atoms with van der Waals surface area (Å²) in [6, 6.07) is 5.56. The number of pyridine rings is 1. The number of nitrogens with zero attached hydrogens (tertiary/aromatic N) is 6. The summed E-state index contributed by atoms with van der Waals surface area (Å²) in [5, 5.41) is 7.79. The molecule has 3 aromatic rings. The first-order chi connectivity index (χ1) is 13.0. The number of aryl methyl sites for hydroxylation is 3. The van der Waals surface area contributed by atoms with Crippen LogP contribution in [0.2, 0.25) is 0 Å². The van der Waals surface area contributed by atoms with Crippen LogP contribution in [0, 0.1) is 13.8 Å². The third kappa shape index (κ3) is 4.44. The average molecular weight is 438 g/mol. The van der Waals surface area contributed by atoms with E-state index in [9.17, 15) is 4.79 Å². The van der Waals surface area contributed by atoms with Crippen LogP contribution in [-0.4, -0.2) is 54.8 Å². The first kappa shape index (κ1) is 22.9. The van der Waals surface area contributed by atoms with Gasteiger partial charge >= 0.3 is 0 Å². The van der Waals surface area contributed by atoms with Gasteiger partial charge in [-0.1, -0.05) is 0 Å². The minimum atomic E-state index is -0.0954. The number of imidazole rings is 1. The fraction of sp³-hybridized carbons (Fsp3) is 0.368. The van der Waals surface area contributed by atoms with E-state index in [-0.39, 0.29) is 36.8 Å². The standard InChI is InChI=1S/C19H23N7O.2ClH/c1-13-10-14(2)26(23-13)17-5-4-15(11-22-17)19(27)25-9-6-20-12-16(25)18-21-7-8-24(18)3;;/h4-5,7-8,10-11,16,20H,6,9,12H2,1-3H3;2*1H. The van der Waals surface area contributed by atoms with E-state index >= 15 is 0 Å². The fourth-order valence-corrected chi connectivity index (χ4v) is 3.54. The van der Waals surface area contributed by atoms with Crippen LogP contribution < -0.4 is 5.32 Å². The summed E-state index contributed by atoms with van der Waals surface area (Å²) in [6.45, 7) is 6.02. The van der Waals surface area contributed by atoms with Crippen molar-refractivity contribution in [2.45, 2.75) is 19.9 Å². The van der Waals surface area contributed by atoms with E-state index in [0.29, 0.717) is 24.5 Å². The largest absolute Gasteiger partial charge is 0.336 e. The smallest absolute Gasteiger partial charge is 0.256 e. The van der Waals surface area contributed by atoms with Crippen molar-refractivity contribution >= 4 is 30.7 Å². The molecular weight excluding hydrogens is 413 g/mol. The number of piperazine rings is 1. The molecule has 1 aliphatic heterocycles. The zero-order valence-electron chi connectivity index (χ0n) is 16.6. The molecule has 3 aromatic heterocycles. The van der Waals surface area contributed by atoms with Gasteiger partial charge in [0.1, 0.15) is 11.9 Å². The third-order valence-corrected chi connectivity index (χ3v) is 4.88. The zero-order chi connectivity index (χ0) is 19.0. The van der Waals surface area contributed by atoms with Gasteiger partial charge in [0.25, 0.3) is 5.91 Å². The molecule has 10 heteroatoms. The second-order valence-corrected chi connectivity index (χ2v) is 6.86. The molecule has 29 heavy (non-hydrogen) atoms. The van der Waals surface area contributed by atoms with Crippen molar-refractivity contribution in [3.8, 4) is 5.82 Å². The summed E-state index contributed by atoms with van der Waals surface area (Å²) in [5.41, 5.74) is 2.52. The second-order valence-electron chi connectivity index (χ2n) is 6.86. The maximum absolute atomic E-state index is 13.1. The lowest BCUT2D eigenvalue weighted by molar-refractivity contribution is 0.0620. The van der Waals surface area contributed by atoms with E-state index in [1.807, 2.05) is 54.8 Å². The molecule has 4 heterocycles. The van der Waals surface area contributed by atoms with Crippen LogP contribution >= 0.6 is 24.8 Å². The first-order valence-electron chi connectivity index (χ1n) is 9.03. The fourth-order valence-electron chi connectivity index (χ4n) is 3.54. The minimum Gasteiger partial charge on any atom is -0.336 e. The van der Waals surface area contributed by atoms with Crippen LogP contribution in [0.4, 0.5) is 0 Å². The number of hydrogen-bond donors (Lipinski definition) is 1. The van der Waals surface area contributed by atoms with Crippen molar-refractivity contribution < 1.29 is 4.79 Å². The number of rotatable bonds is 3. The number of carbonyl (C=O) groups excluding carboxylic acids is 1. The van der Waals surface area contributed by atoms with Crippen LogP contribution in [0.25, 0.3) is 5.82 Å². The van der Waals surface area contributed by atoms with Gasteiger partial charge in [0.05, 0.1) is 11.3 Å². The number of aromatic nitrogens is 5. The van der Waals surface area contributed by atoms with Crippen LogP contribution in [0.15, 0.2) is 36.8 Å². The highest BCUT2D eigenvalue weighted by atomic mass is 35.5. The van der Waals surface area contributed by atoms with Gasteiger partial charge in [-0.05, 0) is 32.0 Å². The molecule has 1 fully saturated rings. The normalized spacial score (nSPS) is 16.1. The highest BCUT2D eigenvalue weighted by Gasteiger charge is 2.31. The molecule has 1 unspecified atom stereocenters. The van der Waals surface area contributed by atoms with Crippen LogP contribution in [0.3, 0.4) is 0 Å². The lowest BCUT2D eigenvalue weighted by Crippen LogP contribution is -2.49. The Kier molecular flexibility index (Phi) is 7.40. The topological polar surface area (TPSA) is 80.9 Å². The van der Waals surface area contributed by atoms with Gasteiger partial charge in [-0.2, -0.15) is 5.10 Å². The summed E-state index contributed by atoms with van der Waals surface area (Å²) >= 11 is 0. The number of hydrogen-bond acceptors (Lipinski definition) is 5. The maximum Gasteiger partial charge on any atom is 0.256 e. The molecule has 1 amide bonds. The van der Waals surface area contributed by atoms with Gasteiger partial charge in [0.2, 0.25) is 0 Å². The highest BCUT2D eigenvalue weighted by Crippen LogP contribution is 2.23. The molecule has 1 N–H and O–H groups in total. The Morgan fingerprint density at radius 2 is 2.00 bits per heavy atom. The Morgan fingerprint density at radius 1 is 1.21 bits per heavy atom. The molecule has 1 saturated heterocycles. The summed E-state index contributed by atoms with van der Waals surface area (Å²) < 4.78 is 3.74. The molecule has 1 atom stereocenters. The van der Waals surface area contributed by atoms with Crippen LogP contribution in [-0.2, 0) is 7.05 Å². The summed E-state index contributed by atoms with van der Waals surface area (Å²) in [4.78, 5) is 23.9. The lowest BCUT2D eigenvalue weighted by atomic mass is 10.1. The Balaban J connectivity index is 0.00000150. The molecule has 4 rings (SSSR count). The van der Waals surface area contributed by atoms with Gasteiger partial charge in [0, 0.05) is 51.0 Å². The van der Waals surface area contributed by atoms with E-state index in [0.717, 1.165) is 23.8 Å². The van der Waals surface area contributed by atoms with Crippen molar-refractivity contribution in [3.05, 3.63) is 59.6 Å². The maximum atomic E-state index is 13.1. The van der Waals surface area contributed by atoms with Crippen molar-refractivity contribution in [2.75, 3.05) is 19.6 Å². The van der Waals surface area contributed by atoms with E-state index < -0.39 is 0 Å². The van der Waals surface area contributed by atoms with Gasteiger partial charge in [-0.3, -0.25) is 4.79 Å². The van der Waals surface area contributed by atoms with Gasteiger partial charge < -0.3 is 14.8 Å². The van der Waals surface area contributed by atoms with Crippen molar-refractivity contribution in [1.29, 1.82) is 0 Å². The molecule has 0 radical (unpaired) electrons. The molecular formula is C19H25Cl2N7O. The van der Waals surface area contributed by atoms with Crippen molar-refractivity contribution in [2.24, 2.45) is 7.05 Å². The van der Waals surface area contributed by atoms with E-state index in [1.54, 1.807) is 17.1 Å². The molecule has 0 saturated carbocycles. The molecule has 156 valence electrons. The molecule has 1 aliphatic rings. The Hall–Kier alpha value is -2.42. The lowest BCUT2D eigenvalue weighted by Gasteiger charge is -2.35. The van der Waals surface area contributed by atoms with Crippen molar-refractivity contribution in [3.63, 3.8) is 0 Å². The second kappa shape index (κ2) is 9.39. The SMILES string of the molecule is Cc1cc(C)n(-c2ccc(C(=O)N3CCNCC3c3nccn3C)cn2)n1.Cl.Cl. The molecule has 8 nitrogen and oxygen atoms in total. The Bertz CT molecular complexity index is 967. The average Bonchev–Trinajstić information content (AvgIpc) is 3.26.